The summed E-state index contributed by atoms with van der Waals surface area (Å²) in [5.41, 5.74) is -0.938. The van der Waals surface area contributed by atoms with Gasteiger partial charge in [0, 0.05) is 32.3 Å². The predicted molar refractivity (Wildman–Crippen MR) is 117 cm³/mol. The van der Waals surface area contributed by atoms with E-state index in [9.17, 15) is 30.8 Å². The van der Waals surface area contributed by atoms with Crippen molar-refractivity contribution in [3.63, 3.8) is 0 Å². The molecule has 33 heavy (non-hydrogen) atoms. The Morgan fingerprint density at radius 1 is 1.27 bits per heavy atom. The van der Waals surface area contributed by atoms with Crippen LogP contribution in [0.15, 0.2) is 30.3 Å². The molecule has 7 nitrogen and oxygen atoms in total. The van der Waals surface area contributed by atoms with E-state index in [1.807, 2.05) is 4.72 Å². The maximum Gasteiger partial charge on any atom is 0.433 e. The van der Waals surface area contributed by atoms with Crippen LogP contribution in [0, 0.1) is 18.2 Å². The van der Waals surface area contributed by atoms with Crippen LogP contribution in [0.2, 0.25) is 0 Å². The summed E-state index contributed by atoms with van der Waals surface area (Å²) in [5, 5.41) is 2.49. The molecular formula is C21H20F4N4O3S. The number of amides is 1. The van der Waals surface area contributed by atoms with Crippen molar-refractivity contribution in [3.05, 3.63) is 58.5 Å². The van der Waals surface area contributed by atoms with Crippen LogP contribution in [0.1, 0.15) is 22.4 Å². The molecule has 0 bridgehead atoms. The molecule has 0 fully saturated rings. The molecule has 0 aliphatic heterocycles. The summed E-state index contributed by atoms with van der Waals surface area (Å²) in [6.07, 6.45) is 3.95. The van der Waals surface area contributed by atoms with Crippen LogP contribution in [-0.4, -0.2) is 39.7 Å². The van der Waals surface area contributed by atoms with Crippen molar-refractivity contribution in [2.75, 3.05) is 30.0 Å². The summed E-state index contributed by atoms with van der Waals surface area (Å²) >= 11 is 0. The van der Waals surface area contributed by atoms with Crippen LogP contribution in [0.25, 0.3) is 6.08 Å². The zero-order chi connectivity index (χ0) is 25.0. The molecular weight excluding hydrogens is 464 g/mol. The Kier molecular flexibility index (Phi) is 7.71. The Morgan fingerprint density at radius 2 is 1.94 bits per heavy atom. The number of nitrogens with zero attached hydrogens (tertiary/aromatic N) is 2. The van der Waals surface area contributed by atoms with Crippen molar-refractivity contribution in [1.82, 2.24) is 10.3 Å². The first-order valence-corrected chi connectivity index (χ1v) is 11.1. The summed E-state index contributed by atoms with van der Waals surface area (Å²) in [6.45, 7) is -0.139. The lowest BCUT2D eigenvalue weighted by molar-refractivity contribution is -0.141. The molecule has 1 aromatic carbocycles. The second-order valence-corrected chi connectivity index (χ2v) is 8.82. The maximum atomic E-state index is 14.3. The van der Waals surface area contributed by atoms with Gasteiger partial charge in [0.25, 0.3) is 0 Å². The number of alkyl halides is 3. The van der Waals surface area contributed by atoms with Gasteiger partial charge in [-0.2, -0.15) is 13.2 Å². The molecule has 0 radical (unpaired) electrons. The minimum atomic E-state index is -4.61. The smallest absolute Gasteiger partial charge is 0.362 e. The van der Waals surface area contributed by atoms with Crippen molar-refractivity contribution < 1.29 is 30.8 Å². The van der Waals surface area contributed by atoms with Gasteiger partial charge in [-0.25, -0.2) is 17.8 Å². The number of pyridine rings is 1. The maximum absolute atomic E-state index is 14.3. The van der Waals surface area contributed by atoms with E-state index in [-0.39, 0.29) is 34.7 Å². The topological polar surface area (TPSA) is 91.4 Å². The number of benzene rings is 1. The van der Waals surface area contributed by atoms with E-state index in [1.165, 1.54) is 37.2 Å². The van der Waals surface area contributed by atoms with Crippen LogP contribution in [0.5, 0.6) is 0 Å². The fraction of sp³-hybridized carbons (Fsp3) is 0.238. The molecule has 0 aliphatic carbocycles. The zero-order valence-electron chi connectivity index (χ0n) is 17.8. The van der Waals surface area contributed by atoms with Crippen LogP contribution in [0.4, 0.5) is 29.1 Å². The molecule has 12 heteroatoms. The summed E-state index contributed by atoms with van der Waals surface area (Å²) < 4.78 is 77.7. The summed E-state index contributed by atoms with van der Waals surface area (Å²) in [5.74, 6) is 0.672. The highest BCUT2D eigenvalue weighted by atomic mass is 32.2. The number of carbonyl (C=O) groups is 1. The average Bonchev–Trinajstić information content (AvgIpc) is 2.70. The van der Waals surface area contributed by atoms with Crippen LogP contribution < -0.4 is 14.9 Å². The molecule has 2 rings (SSSR count). The number of halogens is 4. The molecule has 0 unspecified atom stereocenters. The Morgan fingerprint density at radius 3 is 2.48 bits per heavy atom. The monoisotopic (exact) mass is 484 g/mol. The average molecular weight is 484 g/mol. The van der Waals surface area contributed by atoms with Gasteiger partial charge in [-0.1, -0.05) is 5.92 Å². The van der Waals surface area contributed by atoms with E-state index < -0.39 is 33.6 Å². The standard InChI is InChI=1S/C21H20F4N4O3S/c1-5-14-10-13(11-16(22)19(14)28-33(4,31)32)12-26-18(30)9-7-15-6-8-17(21(23,24)25)27-20(15)29(2)3/h1,6-11,28H,12H2,2-4H3,(H,26,30)/b9-7+. The third-order valence-corrected chi connectivity index (χ3v) is 4.67. The molecule has 2 aromatic rings. The Hall–Kier alpha value is -3.59. The minimum Gasteiger partial charge on any atom is -0.362 e. The number of sulfonamides is 1. The van der Waals surface area contributed by atoms with Crippen LogP contribution >= 0.6 is 0 Å². The molecule has 1 aromatic heterocycles. The normalized spacial score (nSPS) is 11.8. The van der Waals surface area contributed by atoms with Crippen molar-refractivity contribution in [3.8, 4) is 12.3 Å². The van der Waals surface area contributed by atoms with E-state index >= 15 is 0 Å². The molecule has 0 saturated heterocycles. The molecule has 2 N–H and O–H groups in total. The quantitative estimate of drug-likeness (QED) is 0.358. The van der Waals surface area contributed by atoms with Gasteiger partial charge in [0.2, 0.25) is 15.9 Å². The van der Waals surface area contributed by atoms with Gasteiger partial charge >= 0.3 is 6.18 Å². The van der Waals surface area contributed by atoms with Crippen molar-refractivity contribution in [2.45, 2.75) is 12.7 Å². The first kappa shape index (κ1) is 25.7. The predicted octanol–water partition coefficient (Wildman–Crippen LogP) is 2.99. The van der Waals surface area contributed by atoms with Crippen LogP contribution in [-0.2, 0) is 27.5 Å². The SMILES string of the molecule is C#Cc1cc(CNC(=O)/C=C/c2ccc(C(F)(F)F)nc2N(C)C)cc(F)c1NS(C)(=O)=O. The van der Waals surface area contributed by atoms with Crippen molar-refractivity contribution >= 4 is 33.5 Å². The van der Waals surface area contributed by atoms with Gasteiger partial charge in [-0.15, -0.1) is 6.42 Å². The second-order valence-electron chi connectivity index (χ2n) is 7.07. The minimum absolute atomic E-state index is 0.0172. The van der Waals surface area contributed by atoms with E-state index in [0.29, 0.717) is 0 Å². The number of aromatic nitrogens is 1. The van der Waals surface area contributed by atoms with Crippen molar-refractivity contribution in [1.29, 1.82) is 0 Å². The van der Waals surface area contributed by atoms with Gasteiger partial charge in [-0.3, -0.25) is 9.52 Å². The third kappa shape index (κ3) is 7.21. The Labute approximate surface area is 188 Å². The lowest BCUT2D eigenvalue weighted by atomic mass is 10.1. The molecule has 0 aliphatic rings. The molecule has 1 amide bonds. The molecule has 176 valence electrons. The van der Waals surface area contributed by atoms with Crippen LogP contribution in [0.3, 0.4) is 0 Å². The largest absolute Gasteiger partial charge is 0.433 e. The number of carbonyl (C=O) groups excluding carboxylic acids is 1. The highest BCUT2D eigenvalue weighted by Gasteiger charge is 2.33. The lowest BCUT2D eigenvalue weighted by Crippen LogP contribution is -2.21. The number of terminal acetylenes is 1. The van der Waals surface area contributed by atoms with E-state index in [1.54, 1.807) is 0 Å². The highest BCUT2D eigenvalue weighted by molar-refractivity contribution is 7.92. The highest BCUT2D eigenvalue weighted by Crippen LogP contribution is 2.30. The lowest BCUT2D eigenvalue weighted by Gasteiger charge is -2.16. The Balaban J connectivity index is 2.16. The van der Waals surface area contributed by atoms with Gasteiger partial charge in [0.15, 0.2) is 0 Å². The number of rotatable bonds is 7. The fourth-order valence-corrected chi connectivity index (χ4v) is 3.26. The molecule has 1 heterocycles. The first-order chi connectivity index (χ1) is 15.2. The third-order valence-electron chi connectivity index (χ3n) is 4.09. The van der Waals surface area contributed by atoms with Gasteiger partial charge in [0.05, 0.1) is 17.5 Å². The Bertz CT molecular complexity index is 1230. The number of hydrogen-bond acceptors (Lipinski definition) is 5. The summed E-state index contributed by atoms with van der Waals surface area (Å²) in [6, 6.07) is 4.35. The zero-order valence-corrected chi connectivity index (χ0v) is 18.6. The van der Waals surface area contributed by atoms with E-state index in [4.69, 9.17) is 6.42 Å². The molecule has 0 saturated carbocycles. The van der Waals surface area contributed by atoms with Gasteiger partial charge < -0.3 is 10.2 Å². The fourth-order valence-electron chi connectivity index (χ4n) is 2.69. The van der Waals surface area contributed by atoms with E-state index in [0.717, 1.165) is 24.5 Å². The van der Waals surface area contributed by atoms with Gasteiger partial charge in [0.1, 0.15) is 17.3 Å². The number of hydrogen-bond donors (Lipinski definition) is 2. The molecule has 0 atom stereocenters. The first-order valence-electron chi connectivity index (χ1n) is 9.19. The van der Waals surface area contributed by atoms with E-state index in [2.05, 4.69) is 16.2 Å². The van der Waals surface area contributed by atoms with Gasteiger partial charge in [-0.05, 0) is 35.9 Å². The van der Waals surface area contributed by atoms with Crippen molar-refractivity contribution in [2.24, 2.45) is 0 Å². The summed E-state index contributed by atoms with van der Waals surface area (Å²) in [4.78, 5) is 17.1. The summed E-state index contributed by atoms with van der Waals surface area (Å²) in [7, 11) is -0.733. The number of nitrogens with one attached hydrogen (secondary N) is 2. The number of anilines is 2. The molecule has 0 spiro atoms. The second kappa shape index (κ2) is 9.91.